The first-order valence-electron chi connectivity index (χ1n) is 15.8. The number of sulfone groups is 1. The van der Waals surface area contributed by atoms with Gasteiger partial charge in [0.1, 0.15) is 0 Å². The van der Waals surface area contributed by atoms with Crippen LogP contribution in [0.25, 0.3) is 0 Å². The lowest BCUT2D eigenvalue weighted by Gasteiger charge is -2.40. The molecule has 0 spiro atoms. The fraction of sp³-hybridized carbons (Fsp3) is 0.417. The largest absolute Gasteiger partial charge is 0.465 e. The van der Waals surface area contributed by atoms with Crippen molar-refractivity contribution in [1.29, 1.82) is 0 Å². The lowest BCUT2D eigenvalue weighted by molar-refractivity contribution is -0.384. The minimum atomic E-state index is -3.56. The molecule has 0 aliphatic carbocycles. The van der Waals surface area contributed by atoms with Crippen LogP contribution in [0.4, 0.5) is 10.5 Å². The number of likely N-dealkylation sites (tertiary alicyclic amines) is 1. The van der Waals surface area contributed by atoms with Gasteiger partial charge in [-0.25, -0.2) is 13.2 Å². The molecule has 246 valence electrons. The van der Waals surface area contributed by atoms with E-state index in [1.165, 1.54) is 17.0 Å². The molecule has 1 aliphatic heterocycles. The van der Waals surface area contributed by atoms with E-state index >= 15 is 0 Å². The molecule has 1 atom stereocenters. The number of hydrogen-bond acceptors (Lipinski definition) is 6. The van der Waals surface area contributed by atoms with Gasteiger partial charge in [0.2, 0.25) is 0 Å². The van der Waals surface area contributed by atoms with E-state index in [1.54, 1.807) is 36.4 Å². The van der Waals surface area contributed by atoms with Crippen molar-refractivity contribution in [3.8, 4) is 0 Å². The van der Waals surface area contributed by atoms with Gasteiger partial charge >= 0.3 is 6.09 Å². The van der Waals surface area contributed by atoms with Crippen molar-refractivity contribution in [3.05, 3.63) is 118 Å². The van der Waals surface area contributed by atoms with Crippen LogP contribution in [0, 0.1) is 16.0 Å². The van der Waals surface area contributed by atoms with Crippen molar-refractivity contribution in [2.24, 2.45) is 5.92 Å². The molecule has 0 bridgehead atoms. The van der Waals surface area contributed by atoms with E-state index in [-0.39, 0.29) is 24.2 Å². The maximum Gasteiger partial charge on any atom is 0.407 e. The Bertz CT molecular complexity index is 1590. The van der Waals surface area contributed by atoms with Crippen molar-refractivity contribution >= 4 is 21.6 Å². The summed E-state index contributed by atoms with van der Waals surface area (Å²) in [4.78, 5) is 26.3. The number of rotatable bonds is 14. The first-order valence-corrected chi connectivity index (χ1v) is 17.2. The molecule has 1 fully saturated rings. The fourth-order valence-electron chi connectivity index (χ4n) is 6.44. The van der Waals surface area contributed by atoms with Gasteiger partial charge < -0.3 is 14.9 Å². The Hall–Kier alpha value is -4.02. The molecule has 9 nitrogen and oxygen atoms in total. The molecule has 0 aromatic heterocycles. The highest BCUT2D eigenvalue weighted by Crippen LogP contribution is 2.41. The standard InChI is InChI=1S/C36H45N3O6S/c1-35(2,46(44,45)33-14-8-5-9-15-33)28-36(3,31-12-6-4-7-13-31)22-26-37-24-20-29(21-25-37)11-10-23-38(34(40)41)27-30-16-18-32(19-17-30)39(42)43/h4-19,29H,20-28H2,1-3H3,(H,40,41). The normalized spacial score (nSPS) is 16.2. The van der Waals surface area contributed by atoms with Crippen LogP contribution in [-0.2, 0) is 21.8 Å². The topological polar surface area (TPSA) is 121 Å². The van der Waals surface area contributed by atoms with E-state index in [0.29, 0.717) is 22.8 Å². The maximum atomic E-state index is 13.7. The highest BCUT2D eigenvalue weighted by atomic mass is 32.2. The second-order valence-electron chi connectivity index (χ2n) is 13.1. The molecule has 3 aromatic carbocycles. The fourth-order valence-corrected chi connectivity index (χ4v) is 8.10. The molecule has 0 radical (unpaired) electrons. The van der Waals surface area contributed by atoms with Gasteiger partial charge in [0, 0.05) is 25.2 Å². The Balaban J connectivity index is 1.33. The molecule has 1 saturated heterocycles. The number of hydrogen-bond donors (Lipinski definition) is 1. The number of amides is 1. The van der Waals surface area contributed by atoms with Gasteiger partial charge in [0.25, 0.3) is 5.69 Å². The molecular weight excluding hydrogens is 602 g/mol. The highest BCUT2D eigenvalue weighted by molar-refractivity contribution is 7.92. The quantitative estimate of drug-likeness (QED) is 0.110. The zero-order valence-corrected chi connectivity index (χ0v) is 27.7. The molecule has 1 heterocycles. The van der Waals surface area contributed by atoms with E-state index in [4.69, 9.17) is 0 Å². The van der Waals surface area contributed by atoms with Crippen LogP contribution < -0.4 is 0 Å². The molecule has 0 saturated carbocycles. The number of allylic oxidation sites excluding steroid dienone is 1. The molecule has 4 rings (SSSR count). The van der Waals surface area contributed by atoms with Gasteiger partial charge in [-0.2, -0.15) is 0 Å². The Morgan fingerprint density at radius 2 is 1.57 bits per heavy atom. The van der Waals surface area contributed by atoms with Gasteiger partial charge in [-0.1, -0.05) is 79.7 Å². The van der Waals surface area contributed by atoms with Crippen LogP contribution in [0.1, 0.15) is 57.6 Å². The number of nitro benzene ring substituents is 1. The summed E-state index contributed by atoms with van der Waals surface area (Å²) in [5.74, 6) is 0.349. The third-order valence-corrected chi connectivity index (χ3v) is 11.7. The Labute approximate surface area is 272 Å². The molecular formula is C36H45N3O6S. The average molecular weight is 648 g/mol. The molecule has 1 aliphatic rings. The Morgan fingerprint density at radius 1 is 0.978 bits per heavy atom. The van der Waals surface area contributed by atoms with Crippen LogP contribution in [0.15, 0.2) is 102 Å². The number of nitro groups is 1. The summed E-state index contributed by atoms with van der Waals surface area (Å²) in [6, 6.07) is 24.9. The summed E-state index contributed by atoms with van der Waals surface area (Å²) in [6.07, 6.45) is 6.19. The number of benzene rings is 3. The van der Waals surface area contributed by atoms with Gasteiger partial charge in [-0.05, 0) is 93.8 Å². The van der Waals surface area contributed by atoms with Crippen LogP contribution in [0.3, 0.4) is 0 Å². The maximum absolute atomic E-state index is 13.7. The van der Waals surface area contributed by atoms with Gasteiger partial charge in [-0.3, -0.25) is 10.1 Å². The zero-order chi connectivity index (χ0) is 33.4. The molecule has 1 amide bonds. The lowest BCUT2D eigenvalue weighted by atomic mass is 9.73. The molecule has 10 heteroatoms. The Morgan fingerprint density at radius 3 is 2.13 bits per heavy atom. The van der Waals surface area contributed by atoms with Crippen molar-refractivity contribution in [3.63, 3.8) is 0 Å². The average Bonchev–Trinajstić information content (AvgIpc) is 3.04. The van der Waals surface area contributed by atoms with E-state index in [9.17, 15) is 28.4 Å². The minimum Gasteiger partial charge on any atom is -0.465 e. The van der Waals surface area contributed by atoms with Crippen LogP contribution >= 0.6 is 0 Å². The number of non-ortho nitro benzene ring substituents is 1. The van der Waals surface area contributed by atoms with Gasteiger partial charge in [0.05, 0.1) is 14.6 Å². The van der Waals surface area contributed by atoms with Crippen molar-refractivity contribution in [1.82, 2.24) is 9.80 Å². The van der Waals surface area contributed by atoms with Crippen molar-refractivity contribution < 1.29 is 23.2 Å². The van der Waals surface area contributed by atoms with Crippen LogP contribution in [0.2, 0.25) is 0 Å². The number of nitrogens with zero attached hydrogens (tertiary/aromatic N) is 3. The predicted octanol–water partition coefficient (Wildman–Crippen LogP) is 7.33. The van der Waals surface area contributed by atoms with Gasteiger partial charge in [0.15, 0.2) is 9.84 Å². The SMILES string of the molecule is CC(CCN1CCC(C=CCN(Cc2ccc([N+](=O)[O-])cc2)C(=O)O)CC1)(CC(C)(C)S(=O)(=O)c1ccccc1)c1ccccc1. The van der Waals surface area contributed by atoms with Crippen molar-refractivity contribution in [2.45, 2.75) is 68.1 Å². The minimum absolute atomic E-state index is 0.0265. The predicted molar refractivity (Wildman–Crippen MR) is 181 cm³/mol. The molecule has 3 aromatic rings. The van der Waals surface area contributed by atoms with Crippen LogP contribution in [-0.4, -0.2) is 65.3 Å². The molecule has 46 heavy (non-hydrogen) atoms. The molecule has 1 unspecified atom stereocenters. The summed E-state index contributed by atoms with van der Waals surface area (Å²) < 4.78 is 26.5. The summed E-state index contributed by atoms with van der Waals surface area (Å²) in [5.41, 5.74) is 1.45. The highest BCUT2D eigenvalue weighted by Gasteiger charge is 2.43. The summed E-state index contributed by atoms with van der Waals surface area (Å²) in [5, 5.41) is 20.6. The van der Waals surface area contributed by atoms with E-state index in [1.807, 2.05) is 44.2 Å². The van der Waals surface area contributed by atoms with Crippen LogP contribution in [0.5, 0.6) is 0 Å². The lowest BCUT2D eigenvalue weighted by Crippen LogP contribution is -2.42. The number of carbonyl (C=O) groups is 1. The summed E-state index contributed by atoms with van der Waals surface area (Å²) >= 11 is 0. The zero-order valence-electron chi connectivity index (χ0n) is 26.9. The summed E-state index contributed by atoms with van der Waals surface area (Å²) in [7, 11) is -3.56. The molecule has 1 N–H and O–H groups in total. The second kappa shape index (κ2) is 15.0. The smallest absolute Gasteiger partial charge is 0.407 e. The third-order valence-electron chi connectivity index (χ3n) is 9.20. The number of carboxylic acid groups (broad SMARTS) is 1. The third kappa shape index (κ3) is 8.82. The van der Waals surface area contributed by atoms with E-state index in [0.717, 1.165) is 44.5 Å². The van der Waals surface area contributed by atoms with Crippen molar-refractivity contribution in [2.75, 3.05) is 26.2 Å². The number of piperidine rings is 1. The van der Waals surface area contributed by atoms with E-state index < -0.39 is 25.6 Å². The monoisotopic (exact) mass is 647 g/mol. The summed E-state index contributed by atoms with van der Waals surface area (Å²) in [6.45, 7) is 8.94. The Kier molecular flexibility index (Phi) is 11.4. The van der Waals surface area contributed by atoms with Gasteiger partial charge in [-0.15, -0.1) is 0 Å². The van der Waals surface area contributed by atoms with E-state index in [2.05, 4.69) is 30.0 Å². The first kappa shape index (κ1) is 34.8. The second-order valence-corrected chi connectivity index (χ2v) is 15.7. The first-order chi connectivity index (χ1) is 21.8.